The molecule has 1 aromatic carbocycles. The van der Waals surface area contributed by atoms with E-state index in [1.807, 2.05) is 0 Å². The summed E-state index contributed by atoms with van der Waals surface area (Å²) >= 11 is 5.77. The lowest BCUT2D eigenvalue weighted by atomic mass is 10.1. The second kappa shape index (κ2) is 5.65. The van der Waals surface area contributed by atoms with Crippen molar-refractivity contribution >= 4 is 29.0 Å². The Kier molecular flexibility index (Phi) is 3.68. The predicted octanol–water partition coefficient (Wildman–Crippen LogP) is 2.92. The molecule has 22 heavy (non-hydrogen) atoms. The molecule has 112 valence electrons. The first kappa shape index (κ1) is 14.3. The molecule has 3 rings (SSSR count). The number of hydrogen-bond acceptors (Lipinski definition) is 5. The van der Waals surface area contributed by atoms with Crippen molar-refractivity contribution < 1.29 is 19.1 Å². The van der Waals surface area contributed by atoms with Gasteiger partial charge in [-0.3, -0.25) is 9.59 Å². The smallest absolute Gasteiger partial charge is 0.255 e. The predicted molar refractivity (Wildman–Crippen MR) is 79.8 cm³/mol. The van der Waals surface area contributed by atoms with Crippen LogP contribution in [0.4, 0.5) is 5.69 Å². The van der Waals surface area contributed by atoms with Gasteiger partial charge in [-0.15, -0.1) is 0 Å². The topological polar surface area (TPSA) is 77.5 Å². The van der Waals surface area contributed by atoms with Gasteiger partial charge in [0.2, 0.25) is 6.79 Å². The molecule has 0 fully saturated rings. The van der Waals surface area contributed by atoms with E-state index in [0.29, 0.717) is 28.3 Å². The first-order valence-electron chi connectivity index (χ1n) is 6.42. The van der Waals surface area contributed by atoms with Crippen molar-refractivity contribution in [3.8, 4) is 11.5 Å². The van der Waals surface area contributed by atoms with Gasteiger partial charge < -0.3 is 14.8 Å². The Balaban J connectivity index is 1.94. The van der Waals surface area contributed by atoms with Crippen molar-refractivity contribution in [2.45, 2.75) is 6.92 Å². The number of carbonyl (C=O) groups is 2. The fourth-order valence-corrected chi connectivity index (χ4v) is 2.25. The number of ketones is 1. The van der Waals surface area contributed by atoms with Crippen molar-refractivity contribution in [2.24, 2.45) is 0 Å². The van der Waals surface area contributed by atoms with Crippen molar-refractivity contribution in [1.29, 1.82) is 0 Å². The summed E-state index contributed by atoms with van der Waals surface area (Å²) in [6, 6.07) is 6.10. The van der Waals surface area contributed by atoms with E-state index in [0.717, 1.165) is 0 Å². The summed E-state index contributed by atoms with van der Waals surface area (Å²) in [7, 11) is 0. The zero-order chi connectivity index (χ0) is 15.7. The van der Waals surface area contributed by atoms with Crippen LogP contribution in [-0.4, -0.2) is 23.5 Å². The summed E-state index contributed by atoms with van der Waals surface area (Å²) in [5, 5.41) is 2.90. The van der Waals surface area contributed by atoms with Crippen LogP contribution in [0.25, 0.3) is 0 Å². The van der Waals surface area contributed by atoms with Crippen molar-refractivity contribution in [3.63, 3.8) is 0 Å². The van der Waals surface area contributed by atoms with Gasteiger partial charge in [0.05, 0.1) is 5.69 Å². The zero-order valence-corrected chi connectivity index (χ0v) is 12.3. The normalized spacial score (nSPS) is 12.1. The third-order valence-electron chi connectivity index (χ3n) is 3.13. The number of carbonyl (C=O) groups excluding carboxylic acids is 2. The lowest BCUT2D eigenvalue weighted by Gasteiger charge is -2.10. The highest BCUT2D eigenvalue weighted by atomic mass is 35.5. The van der Waals surface area contributed by atoms with Crippen LogP contribution in [0.15, 0.2) is 30.5 Å². The molecule has 0 atom stereocenters. The molecule has 1 aliphatic heterocycles. The lowest BCUT2D eigenvalue weighted by molar-refractivity contribution is 0.101. The molecule has 6 nitrogen and oxygen atoms in total. The number of nitrogens with zero attached hydrogens (tertiary/aromatic N) is 1. The summed E-state index contributed by atoms with van der Waals surface area (Å²) in [6.45, 7) is 1.50. The van der Waals surface area contributed by atoms with Gasteiger partial charge in [-0.1, -0.05) is 11.6 Å². The molecule has 2 heterocycles. The Morgan fingerprint density at radius 3 is 2.64 bits per heavy atom. The second-order valence-electron chi connectivity index (χ2n) is 4.63. The fourth-order valence-electron chi connectivity index (χ4n) is 2.07. The van der Waals surface area contributed by atoms with Crippen LogP contribution >= 0.6 is 11.6 Å². The molecule has 0 saturated heterocycles. The molecule has 1 aliphatic rings. The first-order valence-corrected chi connectivity index (χ1v) is 6.80. The fraction of sp³-hybridized carbons (Fsp3) is 0.133. The van der Waals surface area contributed by atoms with Crippen molar-refractivity contribution in [3.05, 3.63) is 46.7 Å². The van der Waals surface area contributed by atoms with E-state index in [1.165, 1.54) is 25.3 Å². The van der Waals surface area contributed by atoms with E-state index in [2.05, 4.69) is 10.3 Å². The van der Waals surface area contributed by atoms with Crippen LogP contribution in [0, 0.1) is 0 Å². The number of anilines is 1. The van der Waals surface area contributed by atoms with E-state index in [9.17, 15) is 9.59 Å². The summed E-state index contributed by atoms with van der Waals surface area (Å²) in [6.07, 6.45) is 1.43. The van der Waals surface area contributed by atoms with Crippen LogP contribution in [0.1, 0.15) is 27.6 Å². The summed E-state index contributed by atoms with van der Waals surface area (Å²) < 4.78 is 10.5. The average molecular weight is 319 g/mol. The van der Waals surface area contributed by atoms with E-state index >= 15 is 0 Å². The highest BCUT2D eigenvalue weighted by Gasteiger charge is 2.20. The van der Waals surface area contributed by atoms with Gasteiger partial charge >= 0.3 is 0 Å². The minimum absolute atomic E-state index is 0.0873. The third kappa shape index (κ3) is 2.73. The van der Waals surface area contributed by atoms with Gasteiger partial charge in [-0.05, 0) is 25.1 Å². The molecule has 0 saturated carbocycles. The van der Waals surface area contributed by atoms with Gasteiger partial charge in [0, 0.05) is 23.4 Å². The average Bonchev–Trinajstić information content (AvgIpc) is 2.93. The standard InChI is InChI=1S/C15H11ClN2O4/c1-8(19)10-5-12-13(22-7-21-12)6-11(10)18-15(20)9-2-3-17-14(16)4-9/h2-6H,7H2,1H3,(H,18,20). The molecule has 7 heteroatoms. The Bertz CT molecular complexity index is 776. The monoisotopic (exact) mass is 318 g/mol. The third-order valence-corrected chi connectivity index (χ3v) is 3.34. The van der Waals surface area contributed by atoms with E-state index in [4.69, 9.17) is 21.1 Å². The highest BCUT2D eigenvalue weighted by molar-refractivity contribution is 6.29. The number of pyridine rings is 1. The maximum Gasteiger partial charge on any atom is 0.255 e. The van der Waals surface area contributed by atoms with E-state index in [1.54, 1.807) is 12.1 Å². The molecule has 1 aromatic heterocycles. The number of amides is 1. The molecule has 0 unspecified atom stereocenters. The molecule has 1 amide bonds. The van der Waals surface area contributed by atoms with Crippen molar-refractivity contribution in [2.75, 3.05) is 12.1 Å². The van der Waals surface area contributed by atoms with Gasteiger partial charge in [0.1, 0.15) is 5.15 Å². The van der Waals surface area contributed by atoms with Crippen LogP contribution in [0.2, 0.25) is 5.15 Å². The minimum atomic E-state index is -0.398. The Morgan fingerprint density at radius 1 is 1.23 bits per heavy atom. The number of aromatic nitrogens is 1. The van der Waals surface area contributed by atoms with Gasteiger partial charge in [-0.2, -0.15) is 0 Å². The van der Waals surface area contributed by atoms with Crippen LogP contribution in [0.3, 0.4) is 0 Å². The summed E-state index contributed by atoms with van der Waals surface area (Å²) in [5.41, 5.74) is 1.04. The maximum atomic E-state index is 12.3. The van der Waals surface area contributed by atoms with Gasteiger partial charge in [-0.25, -0.2) is 4.98 Å². The molecule has 0 radical (unpaired) electrons. The Hall–Kier alpha value is -2.60. The van der Waals surface area contributed by atoms with Crippen LogP contribution in [0.5, 0.6) is 11.5 Å². The SMILES string of the molecule is CC(=O)c1cc2c(cc1NC(=O)c1ccnc(Cl)c1)OCO2. The molecule has 1 N–H and O–H groups in total. The van der Waals surface area contributed by atoms with Gasteiger partial charge in [0.25, 0.3) is 5.91 Å². The second-order valence-corrected chi connectivity index (χ2v) is 5.02. The number of nitrogens with one attached hydrogen (secondary N) is 1. The summed E-state index contributed by atoms with van der Waals surface area (Å²) in [4.78, 5) is 27.8. The molecule has 2 aromatic rings. The summed E-state index contributed by atoms with van der Waals surface area (Å²) in [5.74, 6) is 0.371. The largest absolute Gasteiger partial charge is 0.454 e. The van der Waals surface area contributed by atoms with Gasteiger partial charge in [0.15, 0.2) is 17.3 Å². The molecule has 0 spiro atoms. The van der Waals surface area contributed by atoms with E-state index < -0.39 is 5.91 Å². The number of halogens is 1. The highest BCUT2D eigenvalue weighted by Crippen LogP contribution is 2.37. The minimum Gasteiger partial charge on any atom is -0.454 e. The molecule has 0 bridgehead atoms. The van der Waals surface area contributed by atoms with Crippen LogP contribution in [-0.2, 0) is 0 Å². The van der Waals surface area contributed by atoms with Crippen LogP contribution < -0.4 is 14.8 Å². The zero-order valence-electron chi connectivity index (χ0n) is 11.6. The number of hydrogen-bond donors (Lipinski definition) is 1. The lowest BCUT2D eigenvalue weighted by Crippen LogP contribution is -2.14. The first-order chi connectivity index (χ1) is 10.5. The van der Waals surface area contributed by atoms with E-state index in [-0.39, 0.29) is 17.7 Å². The number of Topliss-reactive ketones (excluding diaryl/α,β-unsaturated/α-hetero) is 1. The quantitative estimate of drug-likeness (QED) is 0.695. The Morgan fingerprint density at radius 2 is 1.95 bits per heavy atom. The molecule has 0 aliphatic carbocycles. The number of rotatable bonds is 3. The molecular weight excluding hydrogens is 308 g/mol. The number of benzene rings is 1. The number of ether oxygens (including phenoxy) is 2. The van der Waals surface area contributed by atoms with Crippen molar-refractivity contribution in [1.82, 2.24) is 4.98 Å². The number of fused-ring (bicyclic) bond motifs is 1. The molecular formula is C15H11ClN2O4. The Labute approximate surface area is 131 Å². The maximum absolute atomic E-state index is 12.3.